The zero-order valence-electron chi connectivity index (χ0n) is 8.27. The summed E-state index contributed by atoms with van der Waals surface area (Å²) < 4.78 is 5.31. The third-order valence-corrected chi connectivity index (χ3v) is 2.75. The minimum Gasteiger partial charge on any atom is -0.457 e. The van der Waals surface area contributed by atoms with E-state index in [-0.39, 0.29) is 18.0 Å². The summed E-state index contributed by atoms with van der Waals surface area (Å²) in [6.45, 7) is 2.03. The van der Waals surface area contributed by atoms with Gasteiger partial charge in [-0.05, 0) is 12.0 Å². The van der Waals surface area contributed by atoms with Crippen LogP contribution in [0.1, 0.15) is 31.4 Å². The molecule has 0 radical (unpaired) electrons. The second-order valence-electron chi connectivity index (χ2n) is 3.68. The van der Waals surface area contributed by atoms with Crippen LogP contribution in [0.25, 0.3) is 0 Å². The lowest BCUT2D eigenvalue weighted by Crippen LogP contribution is -2.04. The third kappa shape index (κ3) is 1.65. The number of carbonyl (C=O) groups excluding carboxylic acids is 1. The van der Waals surface area contributed by atoms with Gasteiger partial charge in [0, 0.05) is 6.42 Å². The topological polar surface area (TPSA) is 26.3 Å². The average Bonchev–Trinajstić information content (AvgIpc) is 2.61. The summed E-state index contributed by atoms with van der Waals surface area (Å²) in [5, 5.41) is 0. The first-order valence-electron chi connectivity index (χ1n) is 5.06. The Balaban J connectivity index is 2.13. The van der Waals surface area contributed by atoms with Crippen LogP contribution in [0.4, 0.5) is 0 Å². The van der Waals surface area contributed by atoms with E-state index in [9.17, 15) is 4.79 Å². The zero-order chi connectivity index (χ0) is 9.97. The monoisotopic (exact) mass is 190 g/mol. The quantitative estimate of drug-likeness (QED) is 0.670. The van der Waals surface area contributed by atoms with Gasteiger partial charge in [-0.25, -0.2) is 0 Å². The molecule has 2 heteroatoms. The van der Waals surface area contributed by atoms with Gasteiger partial charge in [0.15, 0.2) is 0 Å². The molecule has 0 saturated carbocycles. The van der Waals surface area contributed by atoms with Gasteiger partial charge in [0.25, 0.3) is 0 Å². The molecule has 74 valence electrons. The van der Waals surface area contributed by atoms with E-state index in [1.807, 2.05) is 37.3 Å². The smallest absolute Gasteiger partial charge is 0.309 e. The van der Waals surface area contributed by atoms with Gasteiger partial charge >= 0.3 is 5.97 Å². The first-order chi connectivity index (χ1) is 6.81. The van der Waals surface area contributed by atoms with Crippen LogP contribution < -0.4 is 0 Å². The summed E-state index contributed by atoms with van der Waals surface area (Å²) in [5.74, 6) is 0.0570. The number of cyclic esters (lactones) is 1. The first kappa shape index (κ1) is 9.25. The van der Waals surface area contributed by atoms with Crippen molar-refractivity contribution in [1.29, 1.82) is 0 Å². The van der Waals surface area contributed by atoms with Crippen molar-refractivity contribution in [3.63, 3.8) is 0 Å². The Morgan fingerprint density at radius 3 is 2.64 bits per heavy atom. The van der Waals surface area contributed by atoms with E-state index >= 15 is 0 Å². The fourth-order valence-electron chi connectivity index (χ4n) is 1.84. The van der Waals surface area contributed by atoms with E-state index in [1.165, 1.54) is 0 Å². The summed E-state index contributed by atoms with van der Waals surface area (Å²) in [6, 6.07) is 9.94. The van der Waals surface area contributed by atoms with Crippen LogP contribution in [-0.4, -0.2) is 5.97 Å². The zero-order valence-corrected chi connectivity index (χ0v) is 8.27. The van der Waals surface area contributed by atoms with Crippen LogP contribution in [0.2, 0.25) is 0 Å². The highest BCUT2D eigenvalue weighted by Gasteiger charge is 2.33. The summed E-state index contributed by atoms with van der Waals surface area (Å²) in [7, 11) is 0. The molecule has 14 heavy (non-hydrogen) atoms. The molecule has 1 heterocycles. The largest absolute Gasteiger partial charge is 0.457 e. The molecule has 1 aliphatic heterocycles. The second kappa shape index (κ2) is 3.82. The summed E-state index contributed by atoms with van der Waals surface area (Å²) in [4.78, 5) is 11.4. The van der Waals surface area contributed by atoms with E-state index in [0.717, 1.165) is 18.4 Å². The van der Waals surface area contributed by atoms with Gasteiger partial charge in [-0.1, -0.05) is 37.3 Å². The van der Waals surface area contributed by atoms with Gasteiger partial charge in [-0.3, -0.25) is 4.79 Å². The molecular weight excluding hydrogens is 176 g/mol. The molecule has 2 rings (SSSR count). The van der Waals surface area contributed by atoms with Gasteiger partial charge in [-0.15, -0.1) is 0 Å². The lowest BCUT2D eigenvalue weighted by molar-refractivity contribution is -0.144. The molecule has 0 N–H and O–H groups in total. The fraction of sp³-hybridized carbons (Fsp3) is 0.417. The minimum atomic E-state index is -0.0404. The number of ether oxygens (including phenoxy) is 1. The predicted octanol–water partition coefficient (Wildman–Crippen LogP) is 2.70. The van der Waals surface area contributed by atoms with Gasteiger partial charge in [0.2, 0.25) is 0 Å². The lowest BCUT2D eigenvalue weighted by atomic mass is 9.98. The number of benzene rings is 1. The standard InChI is InChI=1S/C12H14O2/c1-2-9-8-11(14-12(9)13)10-6-4-3-5-7-10/h3-7,9,11H,2,8H2,1H3/t9-,11+/m1/s1. The van der Waals surface area contributed by atoms with Gasteiger partial charge in [0.05, 0.1) is 5.92 Å². The molecule has 1 fully saturated rings. The van der Waals surface area contributed by atoms with Gasteiger partial charge in [-0.2, -0.15) is 0 Å². The molecule has 1 aromatic rings. The molecule has 0 bridgehead atoms. The minimum absolute atomic E-state index is 0.0198. The highest BCUT2D eigenvalue weighted by molar-refractivity contribution is 5.74. The molecule has 2 atom stereocenters. The molecule has 0 spiro atoms. The highest BCUT2D eigenvalue weighted by atomic mass is 16.5. The fourth-order valence-corrected chi connectivity index (χ4v) is 1.84. The van der Waals surface area contributed by atoms with Crippen LogP contribution in [-0.2, 0) is 9.53 Å². The van der Waals surface area contributed by atoms with Crippen LogP contribution in [0.15, 0.2) is 30.3 Å². The van der Waals surface area contributed by atoms with Crippen LogP contribution in [0.3, 0.4) is 0 Å². The normalized spacial score (nSPS) is 26.2. The Morgan fingerprint density at radius 1 is 1.36 bits per heavy atom. The molecule has 0 aromatic heterocycles. The van der Waals surface area contributed by atoms with E-state index in [4.69, 9.17) is 4.74 Å². The molecule has 0 aliphatic carbocycles. The number of hydrogen-bond donors (Lipinski definition) is 0. The Bertz CT molecular complexity index is 318. The maximum atomic E-state index is 11.4. The Morgan fingerprint density at radius 2 is 2.07 bits per heavy atom. The third-order valence-electron chi connectivity index (χ3n) is 2.75. The van der Waals surface area contributed by atoms with Crippen molar-refractivity contribution in [2.75, 3.05) is 0 Å². The summed E-state index contributed by atoms with van der Waals surface area (Å²) >= 11 is 0. The maximum Gasteiger partial charge on any atom is 0.309 e. The number of esters is 1. The molecule has 2 nitrogen and oxygen atoms in total. The van der Waals surface area contributed by atoms with Crippen molar-refractivity contribution in [1.82, 2.24) is 0 Å². The van der Waals surface area contributed by atoms with Crippen LogP contribution in [0, 0.1) is 5.92 Å². The van der Waals surface area contributed by atoms with Crippen molar-refractivity contribution in [2.24, 2.45) is 5.92 Å². The van der Waals surface area contributed by atoms with E-state index in [0.29, 0.717) is 0 Å². The second-order valence-corrected chi connectivity index (χ2v) is 3.68. The Labute approximate surface area is 83.9 Å². The Hall–Kier alpha value is -1.31. The highest BCUT2D eigenvalue weighted by Crippen LogP contribution is 2.34. The number of rotatable bonds is 2. The summed E-state index contributed by atoms with van der Waals surface area (Å²) in [5.41, 5.74) is 1.11. The molecular formula is C12H14O2. The van der Waals surface area contributed by atoms with E-state index in [1.54, 1.807) is 0 Å². The SMILES string of the molecule is CC[C@@H]1C[C@@H](c2ccccc2)OC1=O. The van der Waals surface area contributed by atoms with Gasteiger partial charge < -0.3 is 4.74 Å². The van der Waals surface area contributed by atoms with Gasteiger partial charge in [0.1, 0.15) is 6.10 Å². The molecule has 1 saturated heterocycles. The van der Waals surface area contributed by atoms with Crippen molar-refractivity contribution in [2.45, 2.75) is 25.9 Å². The maximum absolute atomic E-state index is 11.4. The van der Waals surface area contributed by atoms with Crippen molar-refractivity contribution >= 4 is 5.97 Å². The summed E-state index contributed by atoms with van der Waals surface area (Å²) in [6.07, 6.45) is 1.69. The van der Waals surface area contributed by atoms with E-state index in [2.05, 4.69) is 0 Å². The lowest BCUT2D eigenvalue weighted by Gasteiger charge is -2.08. The van der Waals surface area contributed by atoms with Crippen molar-refractivity contribution < 1.29 is 9.53 Å². The molecule has 0 unspecified atom stereocenters. The molecule has 1 aromatic carbocycles. The van der Waals surface area contributed by atoms with Crippen LogP contribution >= 0.6 is 0 Å². The molecule has 1 aliphatic rings. The molecule has 0 amide bonds. The van der Waals surface area contributed by atoms with Crippen LogP contribution in [0.5, 0.6) is 0 Å². The predicted molar refractivity (Wildman–Crippen MR) is 53.7 cm³/mol. The number of hydrogen-bond acceptors (Lipinski definition) is 2. The Kier molecular flexibility index (Phi) is 2.53. The van der Waals surface area contributed by atoms with Crippen molar-refractivity contribution in [3.8, 4) is 0 Å². The average molecular weight is 190 g/mol. The van der Waals surface area contributed by atoms with E-state index < -0.39 is 0 Å². The van der Waals surface area contributed by atoms with Crippen molar-refractivity contribution in [3.05, 3.63) is 35.9 Å². The first-order valence-corrected chi connectivity index (χ1v) is 5.06. The number of carbonyl (C=O) groups is 1.